The molecule has 28 heavy (non-hydrogen) atoms. The van der Waals surface area contributed by atoms with Crippen LogP contribution in [0, 0.1) is 12.7 Å². The number of amides is 2. The first-order valence-corrected chi connectivity index (χ1v) is 8.96. The molecule has 1 fully saturated rings. The van der Waals surface area contributed by atoms with Crippen molar-refractivity contribution >= 4 is 34.2 Å². The van der Waals surface area contributed by atoms with Crippen molar-refractivity contribution in [1.29, 1.82) is 0 Å². The van der Waals surface area contributed by atoms with Crippen LogP contribution < -0.4 is 15.0 Å². The zero-order chi connectivity index (χ0) is 19.8. The number of halogens is 1. The standard InChI is InChI=1S/C21H19FN2O4/c1-12-15-10-13(22)5-7-17(15)28-20(12)21(26)23-14-6-8-18(27-2)16(11-14)24-9-3-4-19(24)25/h5-8,10-11H,3-4,9H2,1-2H3,(H,23,26). The summed E-state index contributed by atoms with van der Waals surface area (Å²) >= 11 is 0. The first kappa shape index (κ1) is 18.0. The maximum atomic E-state index is 13.5. The minimum atomic E-state index is -0.446. The average molecular weight is 382 g/mol. The summed E-state index contributed by atoms with van der Waals surface area (Å²) in [7, 11) is 1.54. The molecule has 3 aromatic rings. The fraction of sp³-hybridized carbons (Fsp3) is 0.238. The summed E-state index contributed by atoms with van der Waals surface area (Å²) < 4.78 is 24.5. The summed E-state index contributed by atoms with van der Waals surface area (Å²) in [6, 6.07) is 9.23. The highest BCUT2D eigenvalue weighted by Gasteiger charge is 2.25. The number of rotatable bonds is 4. The highest BCUT2D eigenvalue weighted by atomic mass is 19.1. The summed E-state index contributed by atoms with van der Waals surface area (Å²) in [5.74, 6) is -0.132. The minimum Gasteiger partial charge on any atom is -0.495 e. The molecule has 6 nitrogen and oxygen atoms in total. The molecular formula is C21H19FN2O4. The Morgan fingerprint density at radius 3 is 2.79 bits per heavy atom. The van der Waals surface area contributed by atoms with E-state index in [0.29, 0.717) is 46.6 Å². The van der Waals surface area contributed by atoms with Crippen LogP contribution in [0.15, 0.2) is 40.8 Å². The van der Waals surface area contributed by atoms with E-state index >= 15 is 0 Å². The molecule has 144 valence electrons. The predicted molar refractivity (Wildman–Crippen MR) is 103 cm³/mol. The van der Waals surface area contributed by atoms with Crippen molar-refractivity contribution < 1.29 is 23.1 Å². The van der Waals surface area contributed by atoms with Gasteiger partial charge in [-0.2, -0.15) is 0 Å². The molecule has 0 spiro atoms. The first-order chi connectivity index (χ1) is 13.5. The van der Waals surface area contributed by atoms with Crippen molar-refractivity contribution in [3.63, 3.8) is 0 Å². The number of carbonyl (C=O) groups is 2. The molecule has 1 saturated heterocycles. The lowest BCUT2D eigenvalue weighted by Gasteiger charge is -2.20. The largest absolute Gasteiger partial charge is 0.495 e. The van der Waals surface area contributed by atoms with Gasteiger partial charge in [0.1, 0.15) is 17.1 Å². The lowest BCUT2D eigenvalue weighted by molar-refractivity contribution is -0.117. The Balaban J connectivity index is 1.65. The quantitative estimate of drug-likeness (QED) is 0.732. The Bertz CT molecular complexity index is 1090. The van der Waals surface area contributed by atoms with Crippen molar-refractivity contribution in [2.45, 2.75) is 19.8 Å². The third-order valence-electron chi connectivity index (χ3n) is 4.91. The van der Waals surface area contributed by atoms with Crippen LogP contribution in [0.2, 0.25) is 0 Å². The predicted octanol–water partition coefficient (Wildman–Crippen LogP) is 4.27. The van der Waals surface area contributed by atoms with E-state index < -0.39 is 11.7 Å². The minimum absolute atomic E-state index is 0.0249. The van der Waals surface area contributed by atoms with Crippen LogP contribution in [-0.2, 0) is 4.79 Å². The number of furan rings is 1. The Morgan fingerprint density at radius 2 is 2.07 bits per heavy atom. The van der Waals surface area contributed by atoms with Crippen molar-refractivity contribution in [2.75, 3.05) is 23.9 Å². The SMILES string of the molecule is COc1ccc(NC(=O)c2oc3ccc(F)cc3c2C)cc1N1CCCC1=O. The number of hydrogen-bond donors (Lipinski definition) is 1. The van der Waals surface area contributed by atoms with E-state index in [1.165, 1.54) is 25.3 Å². The van der Waals surface area contributed by atoms with Crippen LogP contribution in [0.4, 0.5) is 15.8 Å². The Hall–Kier alpha value is -3.35. The summed E-state index contributed by atoms with van der Waals surface area (Å²) in [4.78, 5) is 26.5. The van der Waals surface area contributed by atoms with Crippen LogP contribution >= 0.6 is 0 Å². The highest BCUT2D eigenvalue weighted by Crippen LogP contribution is 2.34. The number of aryl methyl sites for hydroxylation is 1. The van der Waals surface area contributed by atoms with Gasteiger partial charge in [-0.3, -0.25) is 9.59 Å². The number of hydrogen-bond acceptors (Lipinski definition) is 4. The van der Waals surface area contributed by atoms with Crippen LogP contribution in [0.5, 0.6) is 5.75 Å². The van der Waals surface area contributed by atoms with Gasteiger partial charge in [0.2, 0.25) is 5.91 Å². The van der Waals surface area contributed by atoms with Gasteiger partial charge in [0.25, 0.3) is 5.91 Å². The number of methoxy groups -OCH3 is 1. The second-order valence-corrected chi connectivity index (χ2v) is 6.69. The number of anilines is 2. The topological polar surface area (TPSA) is 71.8 Å². The molecule has 0 saturated carbocycles. The molecule has 0 radical (unpaired) electrons. The van der Waals surface area contributed by atoms with E-state index in [1.807, 2.05) is 0 Å². The third kappa shape index (κ3) is 3.09. The number of benzene rings is 2. The number of nitrogens with one attached hydrogen (secondary N) is 1. The second kappa shape index (κ2) is 6.99. The molecule has 1 aliphatic rings. The molecule has 4 rings (SSSR count). The van der Waals surface area contributed by atoms with Crippen LogP contribution in [0.1, 0.15) is 29.0 Å². The monoisotopic (exact) mass is 382 g/mol. The summed E-state index contributed by atoms with van der Waals surface area (Å²) in [5, 5.41) is 3.34. The summed E-state index contributed by atoms with van der Waals surface area (Å²) in [6.45, 7) is 2.32. The second-order valence-electron chi connectivity index (χ2n) is 6.69. The van der Waals surface area contributed by atoms with Gasteiger partial charge in [0.15, 0.2) is 5.76 Å². The van der Waals surface area contributed by atoms with E-state index in [4.69, 9.17) is 9.15 Å². The smallest absolute Gasteiger partial charge is 0.291 e. The summed E-state index contributed by atoms with van der Waals surface area (Å²) in [6.07, 6.45) is 1.28. The summed E-state index contributed by atoms with van der Waals surface area (Å²) in [5.41, 5.74) is 2.13. The fourth-order valence-corrected chi connectivity index (χ4v) is 3.48. The molecule has 0 unspecified atom stereocenters. The number of fused-ring (bicyclic) bond motifs is 1. The zero-order valence-corrected chi connectivity index (χ0v) is 15.5. The van der Waals surface area contributed by atoms with Gasteiger partial charge in [-0.05, 0) is 49.7 Å². The van der Waals surface area contributed by atoms with E-state index in [1.54, 1.807) is 30.0 Å². The molecule has 0 bridgehead atoms. The van der Waals surface area contributed by atoms with Gasteiger partial charge >= 0.3 is 0 Å². The van der Waals surface area contributed by atoms with Gasteiger partial charge in [-0.1, -0.05) is 0 Å². The van der Waals surface area contributed by atoms with E-state index in [9.17, 15) is 14.0 Å². The first-order valence-electron chi connectivity index (χ1n) is 8.96. The van der Waals surface area contributed by atoms with Gasteiger partial charge in [0.05, 0.1) is 12.8 Å². The Kier molecular flexibility index (Phi) is 4.50. The van der Waals surface area contributed by atoms with Crippen molar-refractivity contribution in [1.82, 2.24) is 0 Å². The van der Waals surface area contributed by atoms with Crippen LogP contribution in [0.3, 0.4) is 0 Å². The number of carbonyl (C=O) groups excluding carboxylic acids is 2. The third-order valence-corrected chi connectivity index (χ3v) is 4.91. The molecule has 2 amide bonds. The van der Waals surface area contributed by atoms with Crippen LogP contribution in [0.25, 0.3) is 11.0 Å². The van der Waals surface area contributed by atoms with Gasteiger partial charge in [-0.15, -0.1) is 0 Å². The normalized spacial score (nSPS) is 14.0. The van der Waals surface area contributed by atoms with Gasteiger partial charge in [-0.25, -0.2) is 4.39 Å². The Labute approximate surface area is 160 Å². The number of nitrogens with zero attached hydrogens (tertiary/aromatic N) is 1. The molecule has 2 heterocycles. The van der Waals surface area contributed by atoms with E-state index in [-0.39, 0.29) is 11.7 Å². The average Bonchev–Trinajstić information content (AvgIpc) is 3.25. The Morgan fingerprint density at radius 1 is 1.25 bits per heavy atom. The number of ether oxygens (including phenoxy) is 1. The van der Waals surface area contributed by atoms with Gasteiger partial charge < -0.3 is 19.4 Å². The highest BCUT2D eigenvalue weighted by molar-refractivity contribution is 6.07. The molecule has 1 aliphatic heterocycles. The van der Waals surface area contributed by atoms with Crippen molar-refractivity contribution in [3.05, 3.63) is 53.5 Å². The van der Waals surface area contributed by atoms with Crippen molar-refractivity contribution in [3.8, 4) is 5.75 Å². The zero-order valence-electron chi connectivity index (χ0n) is 15.5. The molecule has 2 aromatic carbocycles. The van der Waals surface area contributed by atoms with E-state index in [0.717, 1.165) is 6.42 Å². The molecule has 0 atom stereocenters. The van der Waals surface area contributed by atoms with E-state index in [2.05, 4.69) is 5.32 Å². The van der Waals surface area contributed by atoms with Crippen LogP contribution in [-0.4, -0.2) is 25.5 Å². The molecule has 1 N–H and O–H groups in total. The lowest BCUT2D eigenvalue weighted by Crippen LogP contribution is -2.24. The van der Waals surface area contributed by atoms with Gasteiger partial charge in [0, 0.05) is 29.6 Å². The van der Waals surface area contributed by atoms with Crippen molar-refractivity contribution in [2.24, 2.45) is 0 Å². The fourth-order valence-electron chi connectivity index (χ4n) is 3.48. The lowest BCUT2D eigenvalue weighted by atomic mass is 10.1. The maximum Gasteiger partial charge on any atom is 0.291 e. The maximum absolute atomic E-state index is 13.5. The molecular weight excluding hydrogens is 363 g/mol. The molecule has 1 aromatic heterocycles. The molecule has 7 heteroatoms. The molecule has 0 aliphatic carbocycles.